The van der Waals surface area contributed by atoms with Gasteiger partial charge in [0.05, 0.1) is 12.6 Å². The topological polar surface area (TPSA) is 61.4 Å². The molecule has 0 aliphatic carbocycles. The molecule has 1 fully saturated rings. The van der Waals surface area contributed by atoms with Crippen LogP contribution >= 0.6 is 0 Å². The quantitative estimate of drug-likeness (QED) is 0.758. The molecule has 1 heterocycles. The molecule has 1 rings (SSSR count). The molecule has 0 aromatic heterocycles. The van der Waals surface area contributed by atoms with E-state index in [0.29, 0.717) is 6.54 Å². The molecule has 110 valence electrons. The smallest absolute Gasteiger partial charge is 0.234 e. The maximum absolute atomic E-state index is 12.1. The van der Waals surface area contributed by atoms with Crippen LogP contribution in [0.5, 0.6) is 0 Å². The van der Waals surface area contributed by atoms with E-state index in [1.165, 1.54) is 6.92 Å². The Morgan fingerprint density at radius 1 is 1.37 bits per heavy atom. The first kappa shape index (κ1) is 16.1. The normalized spacial score (nSPS) is 21.2. The average Bonchev–Trinajstić information content (AvgIpc) is 2.28. The van der Waals surface area contributed by atoms with Crippen molar-refractivity contribution in [2.75, 3.05) is 26.2 Å². The zero-order chi connectivity index (χ0) is 14.6. The van der Waals surface area contributed by atoms with Gasteiger partial charge in [-0.3, -0.25) is 14.5 Å². The number of piperazine rings is 1. The van der Waals surface area contributed by atoms with Gasteiger partial charge < -0.3 is 10.6 Å². The first-order valence-corrected chi connectivity index (χ1v) is 6.99. The van der Waals surface area contributed by atoms with Crippen LogP contribution < -0.4 is 10.6 Å². The molecule has 0 saturated carbocycles. The van der Waals surface area contributed by atoms with Crippen molar-refractivity contribution in [1.82, 2.24) is 15.5 Å². The van der Waals surface area contributed by atoms with Gasteiger partial charge in [0.25, 0.3) is 0 Å². The molecular weight excluding hydrogens is 242 g/mol. The molecule has 1 unspecified atom stereocenters. The van der Waals surface area contributed by atoms with Crippen molar-refractivity contribution < 1.29 is 9.59 Å². The van der Waals surface area contributed by atoms with Crippen molar-refractivity contribution in [3.05, 3.63) is 0 Å². The Morgan fingerprint density at radius 2 is 2.00 bits per heavy atom. The second kappa shape index (κ2) is 6.48. The molecule has 0 spiro atoms. The van der Waals surface area contributed by atoms with Crippen LogP contribution in [0.15, 0.2) is 0 Å². The van der Waals surface area contributed by atoms with Crippen LogP contribution in [0.2, 0.25) is 0 Å². The summed E-state index contributed by atoms with van der Waals surface area (Å²) in [7, 11) is 0. The van der Waals surface area contributed by atoms with Crippen molar-refractivity contribution in [1.29, 1.82) is 0 Å². The summed E-state index contributed by atoms with van der Waals surface area (Å²) < 4.78 is 0. The highest BCUT2D eigenvalue weighted by atomic mass is 16.2. The molecule has 1 atom stereocenters. The molecule has 0 aromatic rings. The SMILES string of the molecule is CC(=O)C(NC(=O)CN1CCNCC1(C)C)C(C)C. The minimum Gasteiger partial charge on any atom is -0.345 e. The lowest BCUT2D eigenvalue weighted by molar-refractivity contribution is -0.129. The summed E-state index contributed by atoms with van der Waals surface area (Å²) in [5.41, 5.74) is -0.0286. The van der Waals surface area contributed by atoms with Crippen LogP contribution in [0, 0.1) is 5.92 Å². The first-order chi connectivity index (χ1) is 8.74. The predicted octanol–water partition coefficient (Wildman–Crippen LogP) is 0.400. The highest BCUT2D eigenvalue weighted by molar-refractivity contribution is 5.88. The third kappa shape index (κ3) is 4.58. The summed E-state index contributed by atoms with van der Waals surface area (Å²) in [5, 5.41) is 6.18. The van der Waals surface area contributed by atoms with Gasteiger partial charge in [-0.15, -0.1) is 0 Å². The molecule has 5 heteroatoms. The third-order valence-electron chi connectivity index (χ3n) is 3.73. The molecule has 0 radical (unpaired) electrons. The predicted molar refractivity (Wildman–Crippen MR) is 76.0 cm³/mol. The van der Waals surface area contributed by atoms with E-state index in [0.717, 1.165) is 19.6 Å². The number of amides is 1. The minimum absolute atomic E-state index is 0.0166. The van der Waals surface area contributed by atoms with Crippen molar-refractivity contribution in [2.45, 2.75) is 46.2 Å². The van der Waals surface area contributed by atoms with Gasteiger partial charge in [0, 0.05) is 25.2 Å². The van der Waals surface area contributed by atoms with Crippen LogP contribution in [0.4, 0.5) is 0 Å². The Bertz CT molecular complexity index is 340. The highest BCUT2D eigenvalue weighted by Gasteiger charge is 2.31. The third-order valence-corrected chi connectivity index (χ3v) is 3.73. The van der Waals surface area contributed by atoms with E-state index in [-0.39, 0.29) is 29.2 Å². The molecule has 1 amide bonds. The summed E-state index contributed by atoms with van der Waals surface area (Å²) in [6, 6.07) is -0.376. The molecular formula is C14H27N3O2. The van der Waals surface area contributed by atoms with Gasteiger partial charge in [0.15, 0.2) is 5.78 Å². The number of carbonyl (C=O) groups excluding carboxylic acids is 2. The van der Waals surface area contributed by atoms with Gasteiger partial charge in [-0.25, -0.2) is 0 Å². The fraction of sp³-hybridized carbons (Fsp3) is 0.857. The fourth-order valence-electron chi connectivity index (χ4n) is 2.45. The lowest BCUT2D eigenvalue weighted by Gasteiger charge is -2.42. The number of ketones is 1. The van der Waals surface area contributed by atoms with Crippen molar-refractivity contribution in [3.8, 4) is 0 Å². The van der Waals surface area contributed by atoms with Crippen LogP contribution in [0.25, 0.3) is 0 Å². The first-order valence-electron chi connectivity index (χ1n) is 6.99. The second-order valence-electron chi connectivity index (χ2n) is 6.31. The van der Waals surface area contributed by atoms with Crippen molar-refractivity contribution in [2.24, 2.45) is 5.92 Å². The molecule has 2 N–H and O–H groups in total. The summed E-state index contributed by atoms with van der Waals surface area (Å²) in [6.07, 6.45) is 0. The van der Waals surface area contributed by atoms with E-state index >= 15 is 0 Å². The maximum Gasteiger partial charge on any atom is 0.234 e. The van der Waals surface area contributed by atoms with E-state index in [2.05, 4.69) is 29.4 Å². The number of hydrogen-bond acceptors (Lipinski definition) is 4. The van der Waals surface area contributed by atoms with E-state index in [1.807, 2.05) is 13.8 Å². The molecule has 0 aromatic carbocycles. The number of nitrogens with zero attached hydrogens (tertiary/aromatic N) is 1. The maximum atomic E-state index is 12.1. The molecule has 1 aliphatic heterocycles. The number of carbonyl (C=O) groups is 2. The molecule has 0 bridgehead atoms. The number of hydrogen-bond donors (Lipinski definition) is 2. The van der Waals surface area contributed by atoms with Gasteiger partial charge in [-0.1, -0.05) is 13.8 Å². The molecule has 5 nitrogen and oxygen atoms in total. The van der Waals surface area contributed by atoms with Crippen LogP contribution in [-0.4, -0.2) is 54.4 Å². The summed E-state index contributed by atoms with van der Waals surface area (Å²) in [5.74, 6) is 0.0734. The number of rotatable bonds is 5. The van der Waals surface area contributed by atoms with E-state index in [1.54, 1.807) is 0 Å². The van der Waals surface area contributed by atoms with Gasteiger partial charge in [-0.2, -0.15) is 0 Å². The number of nitrogens with one attached hydrogen (secondary N) is 2. The second-order valence-corrected chi connectivity index (χ2v) is 6.31. The van der Waals surface area contributed by atoms with Crippen LogP contribution in [0.3, 0.4) is 0 Å². The van der Waals surface area contributed by atoms with E-state index in [9.17, 15) is 9.59 Å². The highest BCUT2D eigenvalue weighted by Crippen LogP contribution is 2.15. The van der Waals surface area contributed by atoms with E-state index < -0.39 is 0 Å². The van der Waals surface area contributed by atoms with Crippen molar-refractivity contribution >= 4 is 11.7 Å². The monoisotopic (exact) mass is 269 g/mol. The standard InChI is InChI=1S/C14H27N3O2/c1-10(2)13(11(3)18)16-12(19)8-17-7-6-15-9-14(17,4)5/h10,13,15H,6-9H2,1-5H3,(H,16,19). The summed E-state index contributed by atoms with van der Waals surface area (Å²) in [4.78, 5) is 25.8. The Hall–Kier alpha value is -0.940. The molecule has 1 saturated heterocycles. The van der Waals surface area contributed by atoms with Gasteiger partial charge in [0.2, 0.25) is 5.91 Å². The van der Waals surface area contributed by atoms with Gasteiger partial charge in [0.1, 0.15) is 0 Å². The summed E-state index contributed by atoms with van der Waals surface area (Å²) >= 11 is 0. The van der Waals surface area contributed by atoms with Crippen LogP contribution in [0.1, 0.15) is 34.6 Å². The lowest BCUT2D eigenvalue weighted by atomic mass is 9.99. The largest absolute Gasteiger partial charge is 0.345 e. The number of Topliss-reactive ketones (excluding diaryl/α,β-unsaturated/α-hetero) is 1. The van der Waals surface area contributed by atoms with E-state index in [4.69, 9.17) is 0 Å². The Kier molecular flexibility index (Phi) is 5.50. The van der Waals surface area contributed by atoms with Crippen molar-refractivity contribution in [3.63, 3.8) is 0 Å². The lowest BCUT2D eigenvalue weighted by Crippen LogP contribution is -2.60. The average molecular weight is 269 g/mol. The zero-order valence-corrected chi connectivity index (χ0v) is 12.7. The Balaban J connectivity index is 2.56. The molecule has 1 aliphatic rings. The summed E-state index contributed by atoms with van der Waals surface area (Å²) in [6.45, 7) is 12.6. The fourth-order valence-corrected chi connectivity index (χ4v) is 2.45. The Morgan fingerprint density at radius 3 is 2.47 bits per heavy atom. The minimum atomic E-state index is -0.376. The van der Waals surface area contributed by atoms with Crippen LogP contribution in [-0.2, 0) is 9.59 Å². The van der Waals surface area contributed by atoms with Gasteiger partial charge in [-0.05, 0) is 26.7 Å². The Labute approximate surface area is 116 Å². The molecule has 19 heavy (non-hydrogen) atoms. The zero-order valence-electron chi connectivity index (χ0n) is 12.7. The van der Waals surface area contributed by atoms with Gasteiger partial charge >= 0.3 is 0 Å².